The van der Waals surface area contributed by atoms with Crippen LogP contribution in [0.15, 0.2) is 147 Å². The maximum Gasteiger partial charge on any atom is 0.0486 e. The van der Waals surface area contributed by atoms with E-state index in [0.29, 0.717) is 5.92 Å². The minimum Gasteiger partial charge on any atom is -0.347 e. The summed E-state index contributed by atoms with van der Waals surface area (Å²) in [7, 11) is 0. The molecule has 3 heteroatoms. The maximum absolute atomic E-state index is 4.30. The highest BCUT2D eigenvalue weighted by molar-refractivity contribution is 6.10. The molecule has 0 saturated heterocycles. The SMILES string of the molecule is C=C/C1=C(\C=C)c2cn(c3ccccc23)CCC(CN(Cc2ccccc2)Cc2ccccc2)CCn2cc1c1ccccc12. The number of hydrogen-bond acceptors (Lipinski definition) is 1. The van der Waals surface area contributed by atoms with Crippen LogP contribution >= 0.6 is 0 Å². The van der Waals surface area contributed by atoms with Crippen molar-refractivity contribution in [3.05, 3.63) is 169 Å². The molecule has 0 amide bonds. The third-order valence-electron chi connectivity index (χ3n) is 9.43. The summed E-state index contributed by atoms with van der Waals surface area (Å²) in [5.41, 5.74) is 9.99. The molecule has 3 heterocycles. The first-order chi connectivity index (χ1) is 22.2. The highest BCUT2D eigenvalue weighted by Crippen LogP contribution is 2.38. The summed E-state index contributed by atoms with van der Waals surface area (Å²) in [6, 6.07) is 39.5. The van der Waals surface area contributed by atoms with Crippen LogP contribution in [0, 0.1) is 5.92 Å². The van der Waals surface area contributed by atoms with E-state index in [9.17, 15) is 0 Å². The van der Waals surface area contributed by atoms with Crippen molar-refractivity contribution >= 4 is 33.0 Å². The molecule has 1 aliphatic heterocycles. The third kappa shape index (κ3) is 5.96. The van der Waals surface area contributed by atoms with Crippen LogP contribution in [-0.2, 0) is 26.2 Å². The lowest BCUT2D eigenvalue weighted by Crippen LogP contribution is -2.30. The molecule has 7 rings (SSSR count). The maximum atomic E-state index is 4.30. The Kier molecular flexibility index (Phi) is 8.35. The normalized spacial score (nSPS) is 15.9. The lowest BCUT2D eigenvalue weighted by atomic mass is 9.94. The minimum absolute atomic E-state index is 0.512. The van der Waals surface area contributed by atoms with Gasteiger partial charge < -0.3 is 9.13 Å². The van der Waals surface area contributed by atoms with Gasteiger partial charge in [-0.1, -0.05) is 122 Å². The summed E-state index contributed by atoms with van der Waals surface area (Å²) >= 11 is 0. The van der Waals surface area contributed by atoms with Crippen LogP contribution in [0.3, 0.4) is 0 Å². The standard InChI is InChI=1S/C42H41N3/c1-3-35-36(4-2)40-31-45(42-22-14-12-20-38(40)42)26-24-34(23-25-44-30-39(35)37-19-11-13-21-41(37)44)29-43(27-32-15-7-5-8-16-32)28-33-17-9-6-10-18-33/h3-22,30-31,34H,1-2,23-29H2/b36-35-. The Morgan fingerprint density at radius 2 is 1.00 bits per heavy atom. The van der Waals surface area contributed by atoms with Gasteiger partial charge in [-0.3, -0.25) is 4.90 Å². The molecule has 4 aromatic carbocycles. The molecule has 0 atom stereocenters. The van der Waals surface area contributed by atoms with Gasteiger partial charge in [-0.05, 0) is 53.2 Å². The molecule has 0 fully saturated rings. The summed E-state index contributed by atoms with van der Waals surface area (Å²) in [6.45, 7) is 13.5. The van der Waals surface area contributed by atoms with Crippen molar-refractivity contribution in [3.63, 3.8) is 0 Å². The largest absolute Gasteiger partial charge is 0.347 e. The molecular formula is C42H41N3. The molecule has 0 unspecified atom stereocenters. The van der Waals surface area contributed by atoms with E-state index in [1.807, 2.05) is 12.2 Å². The predicted octanol–water partition coefficient (Wildman–Crippen LogP) is 9.99. The Labute approximate surface area is 267 Å². The molecule has 0 aliphatic carbocycles. The molecule has 2 aromatic heterocycles. The second-order valence-electron chi connectivity index (χ2n) is 12.3. The van der Waals surface area contributed by atoms with Crippen LogP contribution in [-0.4, -0.2) is 20.6 Å². The smallest absolute Gasteiger partial charge is 0.0486 e. The number of nitrogens with zero attached hydrogens (tertiary/aromatic N) is 3. The van der Waals surface area contributed by atoms with Crippen molar-refractivity contribution in [2.45, 2.75) is 39.0 Å². The lowest BCUT2D eigenvalue weighted by molar-refractivity contribution is 0.195. The molecule has 0 radical (unpaired) electrons. The summed E-state index contributed by atoms with van der Waals surface area (Å²) < 4.78 is 4.94. The first-order valence-corrected chi connectivity index (χ1v) is 16.2. The van der Waals surface area contributed by atoms with E-state index in [2.05, 4.69) is 149 Å². The van der Waals surface area contributed by atoms with Crippen LogP contribution in [0.1, 0.15) is 35.1 Å². The summed E-state index contributed by atoms with van der Waals surface area (Å²) in [5, 5.41) is 2.53. The molecule has 0 N–H and O–H groups in total. The van der Waals surface area contributed by atoms with Crippen LogP contribution < -0.4 is 0 Å². The number of hydrogen-bond donors (Lipinski definition) is 0. The van der Waals surface area contributed by atoms with Crippen molar-refractivity contribution in [1.82, 2.24) is 14.0 Å². The van der Waals surface area contributed by atoms with Gasteiger partial charge in [0.1, 0.15) is 0 Å². The Morgan fingerprint density at radius 1 is 0.578 bits per heavy atom. The van der Waals surface area contributed by atoms with E-state index < -0.39 is 0 Å². The number of para-hydroxylation sites is 2. The Morgan fingerprint density at radius 3 is 1.44 bits per heavy atom. The minimum atomic E-state index is 0.512. The monoisotopic (exact) mass is 587 g/mol. The van der Waals surface area contributed by atoms with Gasteiger partial charge in [-0.2, -0.15) is 0 Å². The number of aryl methyl sites for hydroxylation is 2. The van der Waals surface area contributed by atoms with E-state index >= 15 is 0 Å². The van der Waals surface area contributed by atoms with E-state index in [4.69, 9.17) is 0 Å². The Hall–Kier alpha value is -4.86. The topological polar surface area (TPSA) is 13.1 Å². The molecule has 1 aliphatic rings. The average Bonchev–Trinajstić information content (AvgIpc) is 3.64. The second kappa shape index (κ2) is 13.0. The van der Waals surface area contributed by atoms with Crippen molar-refractivity contribution in [3.8, 4) is 0 Å². The number of rotatable bonds is 8. The van der Waals surface area contributed by atoms with Crippen LogP contribution in [0.4, 0.5) is 0 Å². The van der Waals surface area contributed by atoms with E-state index in [0.717, 1.165) is 56.7 Å². The quantitative estimate of drug-likeness (QED) is 0.173. The molecule has 4 bridgehead atoms. The van der Waals surface area contributed by atoms with Crippen LogP contribution in [0.25, 0.3) is 33.0 Å². The first kappa shape index (κ1) is 28.9. The fourth-order valence-electron chi connectivity index (χ4n) is 7.23. The molecule has 3 nitrogen and oxygen atoms in total. The van der Waals surface area contributed by atoms with Gasteiger partial charge in [0.25, 0.3) is 0 Å². The van der Waals surface area contributed by atoms with Gasteiger partial charge in [0.2, 0.25) is 0 Å². The number of aromatic nitrogens is 2. The Balaban J connectivity index is 1.32. The summed E-state index contributed by atoms with van der Waals surface area (Å²) in [4.78, 5) is 2.65. The third-order valence-corrected chi connectivity index (χ3v) is 9.43. The Bertz CT molecular complexity index is 1830. The average molecular weight is 588 g/mol. The number of benzene rings is 4. The van der Waals surface area contributed by atoms with Gasteiger partial charge in [0.15, 0.2) is 0 Å². The van der Waals surface area contributed by atoms with Crippen LogP contribution in [0.2, 0.25) is 0 Å². The highest BCUT2D eigenvalue weighted by Gasteiger charge is 2.21. The fraction of sp³-hybridized carbons (Fsp3) is 0.190. The molecule has 224 valence electrons. The fourth-order valence-corrected chi connectivity index (χ4v) is 7.23. The van der Waals surface area contributed by atoms with E-state index in [-0.39, 0.29) is 0 Å². The lowest BCUT2D eigenvalue weighted by Gasteiger charge is -2.28. The first-order valence-electron chi connectivity index (χ1n) is 16.2. The van der Waals surface area contributed by atoms with Crippen molar-refractivity contribution < 1.29 is 0 Å². The van der Waals surface area contributed by atoms with Crippen molar-refractivity contribution in [2.75, 3.05) is 6.54 Å². The van der Waals surface area contributed by atoms with Gasteiger partial charge in [0.05, 0.1) is 0 Å². The van der Waals surface area contributed by atoms with E-state index in [1.165, 1.54) is 44.1 Å². The molecule has 0 spiro atoms. The van der Waals surface area contributed by atoms with Gasteiger partial charge >= 0.3 is 0 Å². The number of fused-ring (bicyclic) bond motifs is 10. The van der Waals surface area contributed by atoms with E-state index in [1.54, 1.807) is 0 Å². The van der Waals surface area contributed by atoms with Gasteiger partial charge in [-0.15, -0.1) is 0 Å². The van der Waals surface area contributed by atoms with Crippen molar-refractivity contribution in [1.29, 1.82) is 0 Å². The van der Waals surface area contributed by atoms with Gasteiger partial charge in [-0.25, -0.2) is 0 Å². The molecule has 45 heavy (non-hydrogen) atoms. The van der Waals surface area contributed by atoms with Crippen molar-refractivity contribution in [2.24, 2.45) is 5.92 Å². The van der Waals surface area contributed by atoms with Gasteiger partial charge in [0, 0.05) is 78.1 Å². The summed E-state index contributed by atoms with van der Waals surface area (Å²) in [5.74, 6) is 0.512. The predicted molar refractivity (Wildman–Crippen MR) is 191 cm³/mol. The molecule has 0 saturated carbocycles. The zero-order valence-corrected chi connectivity index (χ0v) is 26.0. The zero-order chi connectivity index (χ0) is 30.6. The summed E-state index contributed by atoms with van der Waals surface area (Å²) in [6.07, 6.45) is 10.9. The number of allylic oxidation sites excluding steroid dienone is 4. The van der Waals surface area contributed by atoms with Crippen LogP contribution in [0.5, 0.6) is 0 Å². The second-order valence-corrected chi connectivity index (χ2v) is 12.3. The molecular weight excluding hydrogens is 546 g/mol. The highest BCUT2D eigenvalue weighted by atomic mass is 15.1. The zero-order valence-electron chi connectivity index (χ0n) is 26.0. The molecule has 6 aromatic rings.